The standard InChI is InChI=1S/C45H53BrN4O7/c1-6-10-21-36(52)47-29(5)39(31-19-15-12-16-20-31)56-44(55)37-38-42(53)50(35(28-51)30-17-13-11-14-18-30)41(45(38)27-34(46)40(37)57-45)43(54)49(26-7-2)33-24-22-32(23-25-33)48(8-3)9-4/h6-7,11-20,22-25,29,34-35,37-41,51H,1-2,8-10,21,26-28H2,3-5H3,(H,47,52)/t29-,34?,35-,37-,38+,39-,40-,41-,45+/m1/s1. The molecule has 0 saturated carbocycles. The van der Waals surface area contributed by atoms with Gasteiger partial charge in [0.1, 0.15) is 17.7 Å². The van der Waals surface area contributed by atoms with E-state index in [-0.39, 0.29) is 25.3 Å². The van der Waals surface area contributed by atoms with Gasteiger partial charge in [-0.25, -0.2) is 0 Å². The molecule has 2 N–H and O–H groups in total. The lowest BCUT2D eigenvalue weighted by molar-refractivity contribution is -0.162. The number of nitrogens with one attached hydrogen (secondary N) is 1. The maximum Gasteiger partial charge on any atom is 0.313 e. The Morgan fingerprint density at radius 1 is 0.982 bits per heavy atom. The van der Waals surface area contributed by atoms with Crippen molar-refractivity contribution in [3.63, 3.8) is 0 Å². The number of ether oxygens (including phenoxy) is 2. The van der Waals surface area contributed by atoms with Crippen LogP contribution < -0.4 is 15.1 Å². The Kier molecular flexibility index (Phi) is 13.4. The fraction of sp³-hybridized carbons (Fsp3) is 0.422. The third-order valence-corrected chi connectivity index (χ3v) is 12.4. The third kappa shape index (κ3) is 8.04. The van der Waals surface area contributed by atoms with Gasteiger partial charge in [0.05, 0.1) is 36.6 Å². The third-order valence-electron chi connectivity index (χ3n) is 11.6. The molecule has 3 aromatic carbocycles. The van der Waals surface area contributed by atoms with E-state index in [9.17, 15) is 14.7 Å². The van der Waals surface area contributed by atoms with Crippen molar-refractivity contribution in [1.82, 2.24) is 10.2 Å². The lowest BCUT2D eigenvalue weighted by Gasteiger charge is -2.39. The van der Waals surface area contributed by atoms with Crippen molar-refractivity contribution in [2.45, 2.75) is 80.8 Å². The molecule has 9 atom stereocenters. The number of benzene rings is 3. The zero-order chi connectivity index (χ0) is 40.9. The number of aliphatic hydroxyl groups is 1. The van der Waals surface area contributed by atoms with E-state index in [4.69, 9.17) is 9.47 Å². The number of likely N-dealkylation sites (tertiary alicyclic amines) is 1. The van der Waals surface area contributed by atoms with Gasteiger partial charge in [0.25, 0.3) is 5.91 Å². The van der Waals surface area contributed by atoms with Crippen LogP contribution in [0.15, 0.2) is 110 Å². The summed E-state index contributed by atoms with van der Waals surface area (Å²) in [5, 5.41) is 14.0. The van der Waals surface area contributed by atoms with Gasteiger partial charge >= 0.3 is 5.97 Å². The fourth-order valence-corrected chi connectivity index (χ4v) is 9.90. The minimum atomic E-state index is -1.44. The van der Waals surface area contributed by atoms with Gasteiger partial charge in [0.2, 0.25) is 11.8 Å². The molecule has 3 saturated heterocycles. The van der Waals surface area contributed by atoms with Crippen LogP contribution in [0.1, 0.15) is 63.3 Å². The van der Waals surface area contributed by atoms with Crippen LogP contribution >= 0.6 is 15.9 Å². The van der Waals surface area contributed by atoms with Crippen molar-refractivity contribution in [2.75, 3.05) is 36.0 Å². The van der Waals surface area contributed by atoms with Crippen molar-refractivity contribution in [1.29, 1.82) is 0 Å². The Hall–Kier alpha value is -4.78. The molecule has 12 heteroatoms. The van der Waals surface area contributed by atoms with Crippen molar-refractivity contribution < 1.29 is 33.8 Å². The molecule has 3 fully saturated rings. The van der Waals surface area contributed by atoms with Crippen molar-refractivity contribution in [3.8, 4) is 0 Å². The molecular weight excluding hydrogens is 788 g/mol. The van der Waals surface area contributed by atoms with E-state index < -0.39 is 77.0 Å². The number of hydrogen-bond acceptors (Lipinski definition) is 8. The molecule has 3 aliphatic rings. The van der Waals surface area contributed by atoms with E-state index >= 15 is 9.59 Å². The summed E-state index contributed by atoms with van der Waals surface area (Å²) in [5.41, 5.74) is 1.48. The van der Waals surface area contributed by atoms with E-state index in [1.165, 1.54) is 4.90 Å². The molecule has 0 aliphatic carbocycles. The predicted octanol–water partition coefficient (Wildman–Crippen LogP) is 6.29. The highest BCUT2D eigenvalue weighted by atomic mass is 79.9. The zero-order valence-electron chi connectivity index (χ0n) is 32.8. The van der Waals surface area contributed by atoms with Gasteiger partial charge < -0.3 is 34.6 Å². The normalized spacial score (nSPS) is 24.9. The highest BCUT2D eigenvalue weighted by Crippen LogP contribution is 2.61. The van der Waals surface area contributed by atoms with E-state index in [1.54, 1.807) is 36.1 Å². The Morgan fingerprint density at radius 2 is 1.60 bits per heavy atom. The number of carbonyl (C=O) groups excluding carboxylic acids is 4. The lowest BCUT2D eigenvalue weighted by atomic mass is 9.70. The summed E-state index contributed by atoms with van der Waals surface area (Å²) >= 11 is 3.77. The van der Waals surface area contributed by atoms with E-state index in [1.807, 2.05) is 72.8 Å². The minimum Gasteiger partial charge on any atom is -0.455 e. The molecule has 3 amide bonds. The molecule has 2 bridgehead atoms. The lowest BCUT2D eigenvalue weighted by Crippen LogP contribution is -2.57. The van der Waals surface area contributed by atoms with Crippen LogP contribution in [0.5, 0.6) is 0 Å². The van der Waals surface area contributed by atoms with Crippen molar-refractivity contribution in [3.05, 3.63) is 121 Å². The van der Waals surface area contributed by atoms with Gasteiger partial charge in [-0.15, -0.1) is 13.2 Å². The highest BCUT2D eigenvalue weighted by Gasteiger charge is 2.78. The molecule has 302 valence electrons. The molecule has 6 rings (SSSR count). The number of nitrogens with zero attached hydrogens (tertiary/aromatic N) is 3. The second kappa shape index (κ2) is 18.2. The quantitative estimate of drug-likeness (QED) is 0.0870. The second-order valence-electron chi connectivity index (χ2n) is 14.9. The Morgan fingerprint density at radius 3 is 2.18 bits per heavy atom. The molecule has 3 heterocycles. The first-order valence-electron chi connectivity index (χ1n) is 19.8. The van der Waals surface area contributed by atoms with Crippen LogP contribution in [-0.4, -0.2) is 88.6 Å². The van der Waals surface area contributed by atoms with Crippen LogP contribution in [0.4, 0.5) is 11.4 Å². The fourth-order valence-electron chi connectivity index (χ4n) is 8.95. The summed E-state index contributed by atoms with van der Waals surface area (Å²) in [6.45, 7) is 14.9. The summed E-state index contributed by atoms with van der Waals surface area (Å²) in [6, 6.07) is 23.2. The van der Waals surface area contributed by atoms with Gasteiger partial charge in [-0.3, -0.25) is 19.2 Å². The highest BCUT2D eigenvalue weighted by molar-refractivity contribution is 9.09. The molecule has 1 unspecified atom stereocenters. The number of anilines is 2. The van der Waals surface area contributed by atoms with Crippen LogP contribution in [0.25, 0.3) is 0 Å². The average molecular weight is 842 g/mol. The van der Waals surface area contributed by atoms with Crippen molar-refractivity contribution >= 4 is 51.0 Å². The van der Waals surface area contributed by atoms with Crippen molar-refractivity contribution in [2.24, 2.45) is 11.8 Å². The van der Waals surface area contributed by atoms with Crippen LogP contribution in [0.3, 0.4) is 0 Å². The summed E-state index contributed by atoms with van der Waals surface area (Å²) in [5.74, 6) is -3.97. The number of amides is 3. The van der Waals surface area contributed by atoms with E-state index in [2.05, 4.69) is 53.2 Å². The number of rotatable bonds is 18. The average Bonchev–Trinajstić information content (AvgIpc) is 3.82. The predicted molar refractivity (Wildman–Crippen MR) is 224 cm³/mol. The minimum absolute atomic E-state index is 0.139. The Balaban J connectivity index is 1.41. The first-order chi connectivity index (χ1) is 27.5. The molecule has 57 heavy (non-hydrogen) atoms. The molecule has 1 spiro atoms. The van der Waals surface area contributed by atoms with Gasteiger partial charge in [-0.2, -0.15) is 0 Å². The number of fused-ring (bicyclic) bond motifs is 1. The monoisotopic (exact) mass is 840 g/mol. The first-order valence-corrected chi connectivity index (χ1v) is 20.7. The first kappa shape index (κ1) is 41.8. The zero-order valence-corrected chi connectivity index (χ0v) is 34.4. The molecular formula is C45H53BrN4O7. The number of hydrogen-bond donors (Lipinski definition) is 2. The van der Waals surface area contributed by atoms with Crippen LogP contribution in [0, 0.1) is 11.8 Å². The van der Waals surface area contributed by atoms with Gasteiger partial charge in [-0.05, 0) is 69.0 Å². The summed E-state index contributed by atoms with van der Waals surface area (Å²) < 4.78 is 13.2. The number of aliphatic hydroxyl groups excluding tert-OH is 1. The summed E-state index contributed by atoms with van der Waals surface area (Å²) in [7, 11) is 0. The number of allylic oxidation sites excluding steroid dienone is 1. The van der Waals surface area contributed by atoms with Crippen LogP contribution in [0.2, 0.25) is 0 Å². The SMILES string of the molecule is C=CCCC(=O)N[C@H](C)[C@@H](OC(=O)[C@H]1[C@@H]2O[C@@]3(CC2Br)[C@@H]1C(=O)N([C@H](CO)c1ccccc1)[C@@H]3C(=O)N(CC=C)c1ccc(N(CC)CC)cc1)c1ccccc1. The molecule has 0 radical (unpaired) electrons. The second-order valence-corrected chi connectivity index (χ2v) is 16.1. The van der Waals surface area contributed by atoms with E-state index in [0.717, 1.165) is 18.8 Å². The Bertz CT molecular complexity index is 1910. The number of alkyl halides is 1. The largest absolute Gasteiger partial charge is 0.455 e. The number of halogens is 1. The van der Waals surface area contributed by atoms with Crippen LogP contribution in [-0.2, 0) is 28.7 Å². The maximum atomic E-state index is 15.3. The van der Waals surface area contributed by atoms with Gasteiger partial charge in [-0.1, -0.05) is 88.7 Å². The summed E-state index contributed by atoms with van der Waals surface area (Å²) in [6.07, 6.45) is 2.61. The van der Waals surface area contributed by atoms with Gasteiger partial charge in [0.15, 0.2) is 0 Å². The number of carbonyl (C=O) groups is 4. The molecule has 11 nitrogen and oxygen atoms in total. The molecule has 3 aliphatic heterocycles. The maximum absolute atomic E-state index is 15.3. The summed E-state index contributed by atoms with van der Waals surface area (Å²) in [4.78, 5) is 62.9. The van der Waals surface area contributed by atoms with Gasteiger partial charge in [0, 0.05) is 42.3 Å². The topological polar surface area (TPSA) is 129 Å². The molecule has 0 aromatic heterocycles. The molecule has 3 aromatic rings. The number of esters is 1. The van der Waals surface area contributed by atoms with E-state index in [0.29, 0.717) is 23.2 Å². The smallest absolute Gasteiger partial charge is 0.313 e. The Labute approximate surface area is 343 Å².